The Hall–Kier alpha value is -1.35. The van der Waals surface area contributed by atoms with Crippen LogP contribution in [0, 0.1) is 5.92 Å². The van der Waals surface area contributed by atoms with Crippen LogP contribution in [0.1, 0.15) is 38.2 Å². The SMILES string of the molecule is Cn1cc(C(C)(N)C2CCCC2)c2ccncc21. The highest BCUT2D eigenvalue weighted by Crippen LogP contribution is 2.41. The topological polar surface area (TPSA) is 43.8 Å². The van der Waals surface area contributed by atoms with Crippen molar-refractivity contribution >= 4 is 10.9 Å². The minimum absolute atomic E-state index is 0.225. The van der Waals surface area contributed by atoms with Crippen LogP contribution in [0.5, 0.6) is 0 Å². The third-order valence-corrected chi connectivity index (χ3v) is 4.58. The van der Waals surface area contributed by atoms with Crippen molar-refractivity contribution < 1.29 is 0 Å². The maximum atomic E-state index is 6.69. The van der Waals surface area contributed by atoms with Gasteiger partial charge in [0.2, 0.25) is 0 Å². The molecule has 2 aromatic heterocycles. The van der Waals surface area contributed by atoms with Gasteiger partial charge >= 0.3 is 0 Å². The van der Waals surface area contributed by atoms with Crippen LogP contribution in [-0.2, 0) is 12.6 Å². The summed E-state index contributed by atoms with van der Waals surface area (Å²) in [6.07, 6.45) is 11.1. The first-order valence-corrected chi connectivity index (χ1v) is 6.79. The van der Waals surface area contributed by atoms with Gasteiger partial charge in [-0.25, -0.2) is 0 Å². The zero-order chi connectivity index (χ0) is 12.8. The summed E-state index contributed by atoms with van der Waals surface area (Å²) < 4.78 is 2.14. The predicted octanol–water partition coefficient (Wildman–Crippen LogP) is 2.94. The average molecular weight is 243 g/mol. The molecule has 3 rings (SSSR count). The van der Waals surface area contributed by atoms with Crippen molar-refractivity contribution in [3.05, 3.63) is 30.2 Å². The van der Waals surface area contributed by atoms with Gasteiger partial charge in [0.15, 0.2) is 0 Å². The molecule has 2 N–H and O–H groups in total. The van der Waals surface area contributed by atoms with E-state index in [1.807, 2.05) is 12.4 Å². The van der Waals surface area contributed by atoms with Gasteiger partial charge in [0.05, 0.1) is 11.7 Å². The minimum Gasteiger partial charge on any atom is -0.349 e. The molecule has 3 nitrogen and oxygen atoms in total. The Morgan fingerprint density at radius 1 is 1.39 bits per heavy atom. The van der Waals surface area contributed by atoms with E-state index in [2.05, 4.69) is 35.8 Å². The average Bonchev–Trinajstić information content (AvgIpc) is 2.98. The number of fused-ring (bicyclic) bond motifs is 1. The molecule has 1 saturated carbocycles. The van der Waals surface area contributed by atoms with E-state index in [0.717, 1.165) is 0 Å². The molecule has 1 aliphatic carbocycles. The van der Waals surface area contributed by atoms with E-state index < -0.39 is 0 Å². The number of nitrogens with zero attached hydrogens (tertiary/aromatic N) is 2. The first-order valence-electron chi connectivity index (χ1n) is 6.79. The van der Waals surface area contributed by atoms with Crippen LogP contribution in [0.15, 0.2) is 24.7 Å². The van der Waals surface area contributed by atoms with Crippen LogP contribution in [0.3, 0.4) is 0 Å². The van der Waals surface area contributed by atoms with Crippen molar-refractivity contribution in [1.29, 1.82) is 0 Å². The molecule has 1 atom stereocenters. The summed E-state index contributed by atoms with van der Waals surface area (Å²) in [5, 5.41) is 1.25. The summed E-state index contributed by atoms with van der Waals surface area (Å²) in [5.74, 6) is 0.608. The molecule has 1 fully saturated rings. The Labute approximate surface area is 108 Å². The molecule has 18 heavy (non-hydrogen) atoms. The summed E-state index contributed by atoms with van der Waals surface area (Å²) in [5.41, 5.74) is 8.91. The Morgan fingerprint density at radius 2 is 2.11 bits per heavy atom. The largest absolute Gasteiger partial charge is 0.349 e. The molecule has 0 spiro atoms. The van der Waals surface area contributed by atoms with Crippen molar-refractivity contribution in [2.75, 3.05) is 0 Å². The summed E-state index contributed by atoms with van der Waals surface area (Å²) in [7, 11) is 2.07. The Bertz CT molecular complexity index is 562. The lowest BCUT2D eigenvalue weighted by atomic mass is 9.79. The number of nitrogens with two attached hydrogens (primary N) is 1. The van der Waals surface area contributed by atoms with Gasteiger partial charge in [-0.2, -0.15) is 0 Å². The van der Waals surface area contributed by atoms with Gasteiger partial charge in [-0.15, -0.1) is 0 Å². The summed E-state index contributed by atoms with van der Waals surface area (Å²) >= 11 is 0. The monoisotopic (exact) mass is 243 g/mol. The molecule has 0 aliphatic heterocycles. The third-order valence-electron chi connectivity index (χ3n) is 4.58. The molecule has 0 radical (unpaired) electrons. The fourth-order valence-corrected chi connectivity index (χ4v) is 3.40. The molecule has 1 aliphatic rings. The smallest absolute Gasteiger partial charge is 0.0667 e. The van der Waals surface area contributed by atoms with Gasteiger partial charge in [0.25, 0.3) is 0 Å². The van der Waals surface area contributed by atoms with Crippen LogP contribution >= 0.6 is 0 Å². The van der Waals surface area contributed by atoms with Crippen LogP contribution < -0.4 is 5.73 Å². The minimum atomic E-state index is -0.225. The van der Waals surface area contributed by atoms with Gasteiger partial charge in [-0.3, -0.25) is 4.98 Å². The third kappa shape index (κ3) is 1.65. The first kappa shape index (κ1) is 11.7. The van der Waals surface area contributed by atoms with Gasteiger partial charge in [-0.05, 0) is 37.3 Å². The number of rotatable bonds is 2. The second-order valence-electron chi connectivity index (χ2n) is 5.81. The van der Waals surface area contributed by atoms with Crippen LogP contribution in [-0.4, -0.2) is 9.55 Å². The zero-order valence-electron chi connectivity index (χ0n) is 11.2. The molecular weight excluding hydrogens is 222 g/mol. The van der Waals surface area contributed by atoms with Gasteiger partial charge in [-0.1, -0.05) is 12.8 Å². The summed E-state index contributed by atoms with van der Waals surface area (Å²) in [6.45, 7) is 2.19. The maximum absolute atomic E-state index is 6.69. The normalized spacial score (nSPS) is 20.4. The van der Waals surface area contributed by atoms with Crippen molar-refractivity contribution in [2.24, 2.45) is 18.7 Å². The highest BCUT2D eigenvalue weighted by atomic mass is 14.9. The van der Waals surface area contributed by atoms with E-state index in [4.69, 9.17) is 5.73 Å². The molecule has 2 aromatic rings. The summed E-state index contributed by atoms with van der Waals surface area (Å²) in [4.78, 5) is 4.20. The van der Waals surface area contributed by atoms with Crippen molar-refractivity contribution in [2.45, 2.75) is 38.1 Å². The highest BCUT2D eigenvalue weighted by molar-refractivity contribution is 5.84. The van der Waals surface area contributed by atoms with E-state index in [1.165, 1.54) is 42.1 Å². The Morgan fingerprint density at radius 3 is 2.83 bits per heavy atom. The van der Waals surface area contributed by atoms with E-state index in [9.17, 15) is 0 Å². The van der Waals surface area contributed by atoms with E-state index >= 15 is 0 Å². The van der Waals surface area contributed by atoms with Crippen LogP contribution in [0.4, 0.5) is 0 Å². The van der Waals surface area contributed by atoms with Crippen molar-refractivity contribution in [3.63, 3.8) is 0 Å². The molecule has 0 saturated heterocycles. The fourth-order valence-electron chi connectivity index (χ4n) is 3.40. The summed E-state index contributed by atoms with van der Waals surface area (Å²) in [6, 6.07) is 2.09. The second kappa shape index (κ2) is 4.09. The predicted molar refractivity (Wildman–Crippen MR) is 74.2 cm³/mol. The maximum Gasteiger partial charge on any atom is 0.0667 e. The van der Waals surface area contributed by atoms with Crippen molar-refractivity contribution in [1.82, 2.24) is 9.55 Å². The van der Waals surface area contributed by atoms with E-state index in [0.29, 0.717) is 5.92 Å². The van der Waals surface area contributed by atoms with E-state index in [-0.39, 0.29) is 5.54 Å². The second-order valence-corrected chi connectivity index (χ2v) is 5.81. The molecule has 0 aromatic carbocycles. The van der Waals surface area contributed by atoms with E-state index in [1.54, 1.807) is 0 Å². The lowest BCUT2D eigenvalue weighted by Gasteiger charge is -2.31. The lowest BCUT2D eigenvalue weighted by Crippen LogP contribution is -2.39. The van der Waals surface area contributed by atoms with Gasteiger partial charge in [0.1, 0.15) is 0 Å². The Balaban J connectivity index is 2.13. The molecule has 0 bridgehead atoms. The van der Waals surface area contributed by atoms with Crippen molar-refractivity contribution in [3.8, 4) is 0 Å². The van der Waals surface area contributed by atoms with Gasteiger partial charge < -0.3 is 10.3 Å². The standard InChI is InChI=1S/C15H21N3/c1-15(16,11-5-3-4-6-11)13-10-18(2)14-9-17-8-7-12(13)14/h7-11H,3-6,16H2,1-2H3. The number of aromatic nitrogens is 2. The first-order chi connectivity index (χ1) is 8.60. The van der Waals surface area contributed by atoms with Crippen LogP contribution in [0.2, 0.25) is 0 Å². The van der Waals surface area contributed by atoms with Crippen LogP contribution in [0.25, 0.3) is 10.9 Å². The zero-order valence-corrected chi connectivity index (χ0v) is 11.2. The quantitative estimate of drug-likeness (QED) is 0.881. The molecule has 2 heterocycles. The number of hydrogen-bond acceptors (Lipinski definition) is 2. The Kier molecular flexibility index (Phi) is 2.67. The molecule has 96 valence electrons. The molecule has 1 unspecified atom stereocenters. The van der Waals surface area contributed by atoms with Gasteiger partial charge in [0, 0.05) is 30.4 Å². The number of aryl methyl sites for hydroxylation is 1. The molecular formula is C15H21N3. The lowest BCUT2D eigenvalue weighted by molar-refractivity contribution is 0.309. The number of pyridine rings is 1. The molecule has 3 heteroatoms. The fraction of sp³-hybridized carbons (Fsp3) is 0.533. The number of hydrogen-bond donors (Lipinski definition) is 1. The highest BCUT2D eigenvalue weighted by Gasteiger charge is 2.35. The molecule has 0 amide bonds.